The Morgan fingerprint density at radius 2 is 1.76 bits per heavy atom. The van der Waals surface area contributed by atoms with Gasteiger partial charge in [-0.2, -0.15) is 23.4 Å². The summed E-state index contributed by atoms with van der Waals surface area (Å²) in [5, 5.41) is 11.9. The minimum Gasteiger partial charge on any atom is -0.481 e. The molecule has 0 saturated carbocycles. The summed E-state index contributed by atoms with van der Waals surface area (Å²) < 4.78 is 56.4. The summed E-state index contributed by atoms with van der Waals surface area (Å²) in [7, 11) is -7.65. The quantitative estimate of drug-likeness (QED) is 0.221. The monoisotopic (exact) mass is 502 g/mol. The van der Waals surface area contributed by atoms with E-state index in [1.807, 2.05) is 6.92 Å². The maximum absolute atomic E-state index is 11.2. The standard InChI is InChI=1S/C18H26N6O7S2/c1-3-24(12-10-16(25)26)18-22-15(5-4-11-19-32(2,27)28)21-17(23-18)20-13-6-8-14(9-7-13)33(29,30)31/h6-9,19H,3-5,10-12H2,1-2H3,(H,25,26)(H,29,30,31)(H,20,21,22,23). The number of sulfonamides is 1. The van der Waals surface area contributed by atoms with Crippen LogP contribution in [0.5, 0.6) is 0 Å². The highest BCUT2D eigenvalue weighted by molar-refractivity contribution is 7.88. The van der Waals surface area contributed by atoms with Crippen molar-refractivity contribution >= 4 is 43.7 Å². The molecule has 33 heavy (non-hydrogen) atoms. The molecule has 0 bridgehead atoms. The SMILES string of the molecule is CCN(CCC(=O)O)c1nc(CCCNS(C)(=O)=O)nc(Nc2ccc(S(=O)(=O)O)cc2)n1. The van der Waals surface area contributed by atoms with Gasteiger partial charge in [0, 0.05) is 31.7 Å². The molecule has 1 heterocycles. The number of hydrogen-bond acceptors (Lipinski definition) is 10. The molecule has 1 aromatic carbocycles. The molecular weight excluding hydrogens is 476 g/mol. The molecule has 182 valence electrons. The van der Waals surface area contributed by atoms with Crippen molar-refractivity contribution in [3.8, 4) is 0 Å². The zero-order valence-corrected chi connectivity index (χ0v) is 19.7. The Bertz CT molecular complexity index is 1170. The van der Waals surface area contributed by atoms with E-state index in [2.05, 4.69) is 25.0 Å². The smallest absolute Gasteiger partial charge is 0.305 e. The molecule has 0 radical (unpaired) electrons. The van der Waals surface area contributed by atoms with Crippen molar-refractivity contribution in [2.45, 2.75) is 31.1 Å². The van der Waals surface area contributed by atoms with E-state index in [0.717, 1.165) is 6.26 Å². The third kappa shape index (κ3) is 9.25. The first-order valence-electron chi connectivity index (χ1n) is 9.88. The van der Waals surface area contributed by atoms with Crippen LogP contribution in [0.2, 0.25) is 0 Å². The zero-order chi connectivity index (χ0) is 24.6. The lowest BCUT2D eigenvalue weighted by atomic mass is 10.3. The first kappa shape index (κ1) is 26.4. The normalized spacial score (nSPS) is 11.8. The number of benzene rings is 1. The van der Waals surface area contributed by atoms with E-state index >= 15 is 0 Å². The lowest BCUT2D eigenvalue weighted by Crippen LogP contribution is -2.28. The van der Waals surface area contributed by atoms with Gasteiger partial charge < -0.3 is 15.3 Å². The molecular formula is C18H26N6O7S2. The van der Waals surface area contributed by atoms with E-state index in [4.69, 9.17) is 9.66 Å². The molecule has 1 aromatic heterocycles. The van der Waals surface area contributed by atoms with E-state index in [1.165, 1.54) is 24.3 Å². The zero-order valence-electron chi connectivity index (χ0n) is 18.1. The summed E-state index contributed by atoms with van der Waals surface area (Å²) in [6.45, 7) is 2.63. The molecule has 0 fully saturated rings. The number of aryl methyl sites for hydroxylation is 1. The molecule has 15 heteroatoms. The largest absolute Gasteiger partial charge is 0.481 e. The Morgan fingerprint density at radius 3 is 2.30 bits per heavy atom. The second-order valence-electron chi connectivity index (χ2n) is 6.99. The van der Waals surface area contributed by atoms with Crippen molar-refractivity contribution in [2.24, 2.45) is 0 Å². The van der Waals surface area contributed by atoms with Crippen LogP contribution in [0.1, 0.15) is 25.6 Å². The molecule has 4 N–H and O–H groups in total. The highest BCUT2D eigenvalue weighted by Gasteiger charge is 2.15. The van der Waals surface area contributed by atoms with E-state index < -0.39 is 26.1 Å². The van der Waals surface area contributed by atoms with E-state index in [1.54, 1.807) is 4.90 Å². The van der Waals surface area contributed by atoms with Crippen molar-refractivity contribution in [3.63, 3.8) is 0 Å². The van der Waals surface area contributed by atoms with Crippen LogP contribution in [0, 0.1) is 0 Å². The van der Waals surface area contributed by atoms with Crippen molar-refractivity contribution in [2.75, 3.05) is 36.1 Å². The molecule has 0 saturated heterocycles. The Labute approximate surface area is 192 Å². The first-order chi connectivity index (χ1) is 15.4. The average Bonchev–Trinajstić information content (AvgIpc) is 2.70. The van der Waals surface area contributed by atoms with E-state index in [9.17, 15) is 21.6 Å². The maximum Gasteiger partial charge on any atom is 0.305 e. The predicted octanol–water partition coefficient (Wildman–Crippen LogP) is 0.645. The summed E-state index contributed by atoms with van der Waals surface area (Å²) in [5.74, 6) is -0.218. The number of carboxylic acid groups (broad SMARTS) is 1. The van der Waals surface area contributed by atoms with Crippen LogP contribution in [0.15, 0.2) is 29.2 Å². The van der Waals surface area contributed by atoms with Gasteiger partial charge in [0.1, 0.15) is 5.82 Å². The summed E-state index contributed by atoms with van der Waals surface area (Å²) in [5.41, 5.74) is 0.442. The minimum absolute atomic E-state index is 0.118. The Balaban J connectivity index is 2.27. The number of aliphatic carboxylic acids is 1. The Kier molecular flexibility index (Phi) is 9.04. The fourth-order valence-electron chi connectivity index (χ4n) is 2.69. The topological polar surface area (TPSA) is 192 Å². The van der Waals surface area contributed by atoms with E-state index in [-0.39, 0.29) is 36.3 Å². The number of carboxylic acids is 1. The first-order valence-corrected chi connectivity index (χ1v) is 13.2. The average molecular weight is 503 g/mol. The number of nitrogens with zero attached hydrogens (tertiary/aromatic N) is 4. The van der Waals surface area contributed by atoms with Gasteiger partial charge in [0.25, 0.3) is 10.1 Å². The third-order valence-corrected chi connectivity index (χ3v) is 5.88. The van der Waals surface area contributed by atoms with Gasteiger partial charge in [0.15, 0.2) is 0 Å². The summed E-state index contributed by atoms with van der Waals surface area (Å²) in [4.78, 5) is 25.4. The summed E-state index contributed by atoms with van der Waals surface area (Å²) in [6.07, 6.45) is 1.68. The van der Waals surface area contributed by atoms with Crippen LogP contribution in [-0.4, -0.2) is 73.3 Å². The van der Waals surface area contributed by atoms with Gasteiger partial charge in [-0.3, -0.25) is 9.35 Å². The summed E-state index contributed by atoms with van der Waals surface area (Å²) in [6, 6.07) is 5.26. The molecule has 0 aliphatic heterocycles. The van der Waals surface area contributed by atoms with Gasteiger partial charge in [-0.05, 0) is 37.6 Å². The lowest BCUT2D eigenvalue weighted by molar-refractivity contribution is -0.136. The molecule has 0 aliphatic rings. The van der Waals surface area contributed by atoms with Crippen molar-refractivity contribution in [3.05, 3.63) is 30.1 Å². The van der Waals surface area contributed by atoms with Crippen LogP contribution < -0.4 is 14.9 Å². The molecule has 0 unspecified atom stereocenters. The predicted molar refractivity (Wildman–Crippen MR) is 121 cm³/mol. The molecule has 0 atom stereocenters. The van der Waals surface area contributed by atoms with Gasteiger partial charge in [-0.25, -0.2) is 13.1 Å². The maximum atomic E-state index is 11.2. The number of carbonyl (C=O) groups is 1. The van der Waals surface area contributed by atoms with Crippen LogP contribution in [-0.2, 0) is 31.4 Å². The lowest BCUT2D eigenvalue weighted by Gasteiger charge is -2.21. The second kappa shape index (κ2) is 11.3. The van der Waals surface area contributed by atoms with Crippen LogP contribution in [0.3, 0.4) is 0 Å². The van der Waals surface area contributed by atoms with E-state index in [0.29, 0.717) is 30.9 Å². The second-order valence-corrected chi connectivity index (χ2v) is 10.2. The van der Waals surface area contributed by atoms with Crippen molar-refractivity contribution in [1.82, 2.24) is 19.7 Å². The Hall–Kier alpha value is -2.88. The van der Waals surface area contributed by atoms with Crippen LogP contribution in [0.4, 0.5) is 17.6 Å². The van der Waals surface area contributed by atoms with Gasteiger partial charge >= 0.3 is 5.97 Å². The van der Waals surface area contributed by atoms with Crippen LogP contribution >= 0.6 is 0 Å². The molecule has 0 amide bonds. The Morgan fingerprint density at radius 1 is 1.09 bits per heavy atom. The molecule has 2 aromatic rings. The number of nitrogens with one attached hydrogen (secondary N) is 2. The molecule has 0 aliphatic carbocycles. The number of hydrogen-bond donors (Lipinski definition) is 4. The molecule has 0 spiro atoms. The third-order valence-electron chi connectivity index (χ3n) is 4.28. The highest BCUT2D eigenvalue weighted by atomic mass is 32.2. The summed E-state index contributed by atoms with van der Waals surface area (Å²) >= 11 is 0. The van der Waals surface area contributed by atoms with Gasteiger partial charge in [-0.1, -0.05) is 0 Å². The number of rotatable bonds is 13. The molecule has 13 nitrogen and oxygen atoms in total. The highest BCUT2D eigenvalue weighted by Crippen LogP contribution is 2.19. The number of aromatic nitrogens is 3. The fourth-order valence-corrected chi connectivity index (χ4v) is 3.69. The van der Waals surface area contributed by atoms with Crippen LogP contribution in [0.25, 0.3) is 0 Å². The van der Waals surface area contributed by atoms with Crippen molar-refractivity contribution in [1.29, 1.82) is 0 Å². The van der Waals surface area contributed by atoms with Gasteiger partial charge in [-0.15, -0.1) is 0 Å². The number of anilines is 3. The minimum atomic E-state index is -4.33. The van der Waals surface area contributed by atoms with Crippen molar-refractivity contribution < 1.29 is 31.3 Å². The van der Waals surface area contributed by atoms with Gasteiger partial charge in [0.2, 0.25) is 21.9 Å². The molecule has 2 rings (SSSR count). The van der Waals surface area contributed by atoms with Gasteiger partial charge in [0.05, 0.1) is 17.6 Å². The fraction of sp³-hybridized carbons (Fsp3) is 0.444.